The molecule has 3 aromatic rings. The molecule has 2 unspecified atom stereocenters. The number of aromatic amines is 1. The van der Waals surface area contributed by atoms with E-state index in [1.165, 1.54) is 29.4 Å². The van der Waals surface area contributed by atoms with Gasteiger partial charge in [-0.15, -0.1) is 0 Å². The highest BCUT2D eigenvalue weighted by Gasteiger charge is 2.48. The number of rotatable bonds is 12. The molecule has 7 rings (SSSR count). The van der Waals surface area contributed by atoms with E-state index in [-0.39, 0.29) is 19.1 Å². The van der Waals surface area contributed by atoms with Crippen molar-refractivity contribution in [2.24, 2.45) is 23.0 Å². The van der Waals surface area contributed by atoms with Gasteiger partial charge in [-0.05, 0) is 60.4 Å². The predicted octanol–water partition coefficient (Wildman–Crippen LogP) is 3.64. The number of fused-ring (bicyclic) bond motifs is 2. The summed E-state index contributed by atoms with van der Waals surface area (Å²) in [5.41, 5.74) is 5.63. The molecule has 4 fully saturated rings. The van der Waals surface area contributed by atoms with Crippen LogP contribution >= 0.6 is 23.4 Å². The number of nitrogens with one attached hydrogen (secondary N) is 2. The first-order valence-corrected chi connectivity index (χ1v) is 19.0. The molecule has 3 amide bonds. The van der Waals surface area contributed by atoms with Gasteiger partial charge >= 0.3 is 6.09 Å². The Morgan fingerprint density at radius 2 is 1.88 bits per heavy atom. The fraction of sp³-hybridized carbons (Fsp3) is 0.600. The minimum absolute atomic E-state index is 0.0621. The highest BCUT2D eigenvalue weighted by atomic mass is 35.5. The number of nitrogens with zero attached hydrogens (tertiary/aromatic N) is 5. The van der Waals surface area contributed by atoms with Crippen molar-refractivity contribution in [1.29, 1.82) is 0 Å². The third-order valence-corrected chi connectivity index (χ3v) is 11.4. The van der Waals surface area contributed by atoms with E-state index < -0.39 is 41.5 Å². The summed E-state index contributed by atoms with van der Waals surface area (Å²) in [5.74, 6) is 1.11. The van der Waals surface area contributed by atoms with Crippen LogP contribution in [0.5, 0.6) is 11.5 Å². The lowest BCUT2D eigenvalue weighted by Crippen LogP contribution is -2.57. The molecule has 2 aromatic heterocycles. The summed E-state index contributed by atoms with van der Waals surface area (Å²) < 4.78 is 23.8. The van der Waals surface area contributed by atoms with Gasteiger partial charge in [-0.25, -0.2) is 14.8 Å². The van der Waals surface area contributed by atoms with Gasteiger partial charge in [0.25, 0.3) is 0 Å². The van der Waals surface area contributed by atoms with Crippen LogP contribution in [0.3, 0.4) is 0 Å². The summed E-state index contributed by atoms with van der Waals surface area (Å²) >= 11 is 8.18. The zero-order valence-electron chi connectivity index (χ0n) is 29.5. The summed E-state index contributed by atoms with van der Waals surface area (Å²) in [4.78, 5) is 52.7. The van der Waals surface area contributed by atoms with Crippen LogP contribution in [0.25, 0.3) is 10.9 Å². The molecule has 1 aromatic carbocycles. The van der Waals surface area contributed by atoms with E-state index in [4.69, 9.17) is 41.3 Å². The van der Waals surface area contributed by atoms with Gasteiger partial charge in [-0.3, -0.25) is 19.6 Å². The molecule has 15 nitrogen and oxygen atoms in total. The average Bonchev–Trinajstić information content (AvgIpc) is 3.46. The van der Waals surface area contributed by atoms with Gasteiger partial charge in [-0.1, -0.05) is 32.4 Å². The maximum absolute atomic E-state index is 14.2. The maximum Gasteiger partial charge on any atom is 0.408 e. The molecule has 4 heterocycles. The van der Waals surface area contributed by atoms with Crippen LogP contribution in [0.1, 0.15) is 46.5 Å². The van der Waals surface area contributed by atoms with E-state index in [0.717, 1.165) is 32.5 Å². The second-order valence-electron chi connectivity index (χ2n) is 15.0. The van der Waals surface area contributed by atoms with E-state index in [1.807, 2.05) is 26.8 Å². The summed E-state index contributed by atoms with van der Waals surface area (Å²) in [6.45, 7) is 9.88. The number of carbonyl (C=O) groups is 3. The molecule has 4 aliphatic rings. The second kappa shape index (κ2) is 15.2. The van der Waals surface area contributed by atoms with Crippen molar-refractivity contribution in [3.8, 4) is 11.5 Å². The molecule has 0 radical (unpaired) electrons. The molecule has 0 spiro atoms. The number of pyridine rings is 1. The predicted molar refractivity (Wildman–Crippen MR) is 191 cm³/mol. The topological polar surface area (TPSA) is 187 Å². The Bertz CT molecular complexity index is 1780. The number of benzene rings is 1. The zero-order valence-corrected chi connectivity index (χ0v) is 31.1. The van der Waals surface area contributed by atoms with Gasteiger partial charge < -0.3 is 34.9 Å². The standard InChI is InChI=1S/C35H45ClN8O7S/c1-35(2,3)30(41-34(47)51-21-13-19-12-20(19)14-21)32(46)44-17-22(15-24(44)31(37)45)50-26-16-27(52-33-38-18-39-42-33)40-29-23(26)4-5-25(28(29)36)49-11-8-43-6-9-48-10-7-43/h4-5,16,18-22,24,30H,6-15,17H2,1-3H3,(H2,37,45)(H,41,47)(H,38,39,42)/t19-,20+,21?,22?,24-,30+/m0/s1. The summed E-state index contributed by atoms with van der Waals surface area (Å²) in [6.07, 6.45) is 3.08. The number of ether oxygens (including phenoxy) is 4. The molecule has 52 heavy (non-hydrogen) atoms. The van der Waals surface area contributed by atoms with Crippen molar-refractivity contribution in [1.82, 2.24) is 35.3 Å². The van der Waals surface area contributed by atoms with Crippen LogP contribution in [-0.4, -0.2) is 118 Å². The molecular weight excluding hydrogens is 712 g/mol. The van der Waals surface area contributed by atoms with E-state index in [2.05, 4.69) is 25.4 Å². The molecule has 6 atom stereocenters. The number of aromatic nitrogens is 4. The van der Waals surface area contributed by atoms with Gasteiger partial charge in [0.05, 0.1) is 25.3 Å². The number of carbonyl (C=O) groups excluding carboxylic acids is 3. The number of halogens is 1. The Balaban J connectivity index is 1.10. The molecule has 280 valence electrons. The van der Waals surface area contributed by atoms with Crippen molar-refractivity contribution < 1.29 is 33.3 Å². The van der Waals surface area contributed by atoms with Crippen LogP contribution in [0.4, 0.5) is 4.79 Å². The van der Waals surface area contributed by atoms with Crippen LogP contribution in [0.2, 0.25) is 5.02 Å². The molecule has 2 aliphatic heterocycles. The highest BCUT2D eigenvalue weighted by Crippen LogP contribution is 2.52. The van der Waals surface area contributed by atoms with E-state index in [9.17, 15) is 14.4 Å². The highest BCUT2D eigenvalue weighted by molar-refractivity contribution is 7.99. The van der Waals surface area contributed by atoms with Crippen LogP contribution < -0.4 is 20.5 Å². The van der Waals surface area contributed by atoms with E-state index in [1.54, 1.807) is 12.1 Å². The fourth-order valence-corrected chi connectivity index (χ4v) is 8.31. The Labute approximate surface area is 311 Å². The molecule has 2 saturated heterocycles. The number of alkyl carbamates (subject to hydrolysis) is 1. The fourth-order valence-electron chi connectivity index (χ4n) is 7.35. The van der Waals surface area contributed by atoms with E-state index >= 15 is 0 Å². The van der Waals surface area contributed by atoms with Crippen LogP contribution in [-0.2, 0) is 19.1 Å². The lowest BCUT2D eigenvalue weighted by molar-refractivity contribution is -0.141. The van der Waals surface area contributed by atoms with Crippen molar-refractivity contribution >= 4 is 52.2 Å². The van der Waals surface area contributed by atoms with Crippen molar-refractivity contribution in [3.05, 3.63) is 29.5 Å². The van der Waals surface area contributed by atoms with Gasteiger partial charge in [0.2, 0.25) is 11.8 Å². The number of hydrogen-bond acceptors (Lipinski definition) is 12. The first kappa shape index (κ1) is 36.5. The van der Waals surface area contributed by atoms with E-state index in [0.29, 0.717) is 69.3 Å². The molecular formula is C35H45ClN8O7S. The monoisotopic (exact) mass is 756 g/mol. The first-order chi connectivity index (χ1) is 24.9. The molecule has 4 N–H and O–H groups in total. The Morgan fingerprint density at radius 3 is 2.58 bits per heavy atom. The van der Waals surface area contributed by atoms with Gasteiger partial charge in [0.1, 0.15) is 58.8 Å². The largest absolute Gasteiger partial charge is 0.491 e. The second-order valence-corrected chi connectivity index (χ2v) is 16.4. The normalized spacial score (nSPS) is 25.1. The summed E-state index contributed by atoms with van der Waals surface area (Å²) in [5, 5.41) is 11.5. The van der Waals surface area contributed by atoms with Crippen molar-refractivity contribution in [2.75, 3.05) is 46.0 Å². The quantitative estimate of drug-likeness (QED) is 0.244. The van der Waals surface area contributed by atoms with Crippen molar-refractivity contribution in [2.45, 2.75) is 80.9 Å². The summed E-state index contributed by atoms with van der Waals surface area (Å²) in [6, 6.07) is 3.46. The van der Waals surface area contributed by atoms with Gasteiger partial charge in [0.15, 0.2) is 5.16 Å². The molecule has 2 saturated carbocycles. The molecule has 17 heteroatoms. The van der Waals surface area contributed by atoms with Gasteiger partial charge in [-0.2, -0.15) is 5.10 Å². The first-order valence-electron chi connectivity index (χ1n) is 17.8. The lowest BCUT2D eigenvalue weighted by Gasteiger charge is -2.35. The number of morpholine rings is 1. The Hall–Kier alpha value is -3.86. The lowest BCUT2D eigenvalue weighted by atomic mass is 9.85. The summed E-state index contributed by atoms with van der Waals surface area (Å²) in [7, 11) is 0. The third-order valence-electron chi connectivity index (χ3n) is 10.2. The number of nitrogens with two attached hydrogens (primary N) is 1. The third kappa shape index (κ3) is 8.35. The Morgan fingerprint density at radius 1 is 1.12 bits per heavy atom. The number of likely N-dealkylation sites (tertiary alicyclic amines) is 1. The van der Waals surface area contributed by atoms with Crippen LogP contribution in [0.15, 0.2) is 34.7 Å². The molecule has 2 aliphatic carbocycles. The SMILES string of the molecule is CC(C)(C)[C@H](NC(=O)OC1C[C@@H]2C[C@@H]2C1)C(=O)N1CC(Oc2cc(Sc3ncn[nH]3)nc3c(Cl)c(OCCN4CCOCC4)ccc23)C[C@H]1C(N)=O. The van der Waals surface area contributed by atoms with Gasteiger partial charge in [0, 0.05) is 37.5 Å². The minimum Gasteiger partial charge on any atom is -0.491 e. The minimum atomic E-state index is -0.969. The Kier molecular flexibility index (Phi) is 10.7. The van der Waals surface area contributed by atoms with Crippen LogP contribution in [0, 0.1) is 17.3 Å². The molecule has 0 bridgehead atoms. The smallest absolute Gasteiger partial charge is 0.408 e. The number of amides is 3. The number of H-pyrrole nitrogens is 1. The number of hydrogen-bond donors (Lipinski definition) is 3. The maximum atomic E-state index is 14.2. The average molecular weight is 757 g/mol. The number of primary amides is 1. The zero-order chi connectivity index (χ0) is 36.6. The van der Waals surface area contributed by atoms with Crippen molar-refractivity contribution in [3.63, 3.8) is 0 Å².